The van der Waals surface area contributed by atoms with Crippen molar-refractivity contribution in [2.24, 2.45) is 11.1 Å². The van der Waals surface area contributed by atoms with Gasteiger partial charge >= 0.3 is 0 Å². The van der Waals surface area contributed by atoms with Gasteiger partial charge in [-0.25, -0.2) is 0 Å². The number of nitrogens with zero attached hydrogens (tertiary/aromatic N) is 1. The maximum atomic E-state index is 11.7. The Morgan fingerprint density at radius 1 is 0.971 bits per heavy atom. The lowest BCUT2D eigenvalue weighted by molar-refractivity contribution is 0.388. The van der Waals surface area contributed by atoms with Crippen LogP contribution in [-0.2, 0) is 0 Å². The first-order chi connectivity index (χ1) is 17.0. The van der Waals surface area contributed by atoms with E-state index in [0.717, 1.165) is 30.6 Å². The third kappa shape index (κ3) is 8.28. The Bertz CT molecular complexity index is 920. The van der Waals surface area contributed by atoms with Crippen LogP contribution in [-0.4, -0.2) is 25.2 Å². The zero-order chi connectivity index (χ0) is 25.6. The second kappa shape index (κ2) is 15.9. The van der Waals surface area contributed by atoms with Gasteiger partial charge in [-0.1, -0.05) is 72.1 Å². The molecule has 7 heteroatoms. The van der Waals surface area contributed by atoms with Crippen LogP contribution in [0.1, 0.15) is 95.8 Å². The Labute approximate surface area is 215 Å². The average molecular weight is 505 g/mol. The highest BCUT2D eigenvalue weighted by Gasteiger charge is 2.25. The van der Waals surface area contributed by atoms with Gasteiger partial charge in [-0.05, 0) is 47.9 Å². The molecule has 0 spiro atoms. The highest BCUT2D eigenvalue weighted by Crippen LogP contribution is 2.50. The second-order valence-corrected chi connectivity index (χ2v) is 10.9. The van der Waals surface area contributed by atoms with Crippen molar-refractivity contribution in [1.82, 2.24) is 0 Å². The molecule has 0 aliphatic heterocycles. The van der Waals surface area contributed by atoms with E-state index < -0.39 is 0 Å². The summed E-state index contributed by atoms with van der Waals surface area (Å²) in [7, 11) is 3.23. The number of thioether (sulfide) groups is 1. The maximum Gasteiger partial charge on any atom is 0.133 e. The van der Waals surface area contributed by atoms with Crippen molar-refractivity contribution in [2.75, 3.05) is 25.5 Å². The van der Waals surface area contributed by atoms with Gasteiger partial charge in [0.15, 0.2) is 0 Å². The lowest BCUT2D eigenvalue weighted by Gasteiger charge is -2.24. The van der Waals surface area contributed by atoms with E-state index in [1.807, 2.05) is 17.8 Å². The van der Waals surface area contributed by atoms with Crippen molar-refractivity contribution < 1.29 is 14.7 Å². The van der Waals surface area contributed by atoms with E-state index in [-0.39, 0.29) is 10.9 Å². The molecule has 0 heterocycles. The smallest absolute Gasteiger partial charge is 0.133 e. The zero-order valence-corrected chi connectivity index (χ0v) is 23.0. The molecule has 0 fully saturated rings. The SMILES string of the molecule is CCCCCCCCCCC(SCCC(C)C)c1cc(OC)c2c(NO)ccc(N=O)c2c1OC. The second-order valence-electron chi connectivity index (χ2n) is 9.59. The highest BCUT2D eigenvalue weighted by molar-refractivity contribution is 7.99. The molecule has 2 aromatic rings. The molecule has 0 aliphatic rings. The molecule has 35 heavy (non-hydrogen) atoms. The number of rotatable bonds is 18. The summed E-state index contributed by atoms with van der Waals surface area (Å²) in [6.07, 6.45) is 12.4. The molecule has 0 amide bonds. The molecule has 2 rings (SSSR count). The van der Waals surface area contributed by atoms with Gasteiger partial charge in [0, 0.05) is 10.8 Å². The predicted molar refractivity (Wildman–Crippen MR) is 150 cm³/mol. The third-order valence-electron chi connectivity index (χ3n) is 6.53. The number of fused-ring (bicyclic) bond motifs is 1. The Morgan fingerprint density at radius 2 is 1.66 bits per heavy atom. The summed E-state index contributed by atoms with van der Waals surface area (Å²) >= 11 is 1.95. The Balaban J connectivity index is 2.37. The fraction of sp³-hybridized carbons (Fsp3) is 0.643. The number of anilines is 1. The minimum absolute atomic E-state index is 0.215. The topological polar surface area (TPSA) is 80.1 Å². The molecule has 0 radical (unpaired) electrons. The van der Waals surface area contributed by atoms with E-state index in [1.165, 1.54) is 44.9 Å². The van der Waals surface area contributed by atoms with Crippen molar-refractivity contribution in [1.29, 1.82) is 0 Å². The summed E-state index contributed by atoms with van der Waals surface area (Å²) in [6, 6.07) is 5.23. The molecule has 0 saturated heterocycles. The van der Waals surface area contributed by atoms with Gasteiger partial charge in [0.25, 0.3) is 0 Å². The van der Waals surface area contributed by atoms with Crippen LogP contribution in [0.15, 0.2) is 23.4 Å². The quantitative estimate of drug-likeness (QED) is 0.120. The lowest BCUT2D eigenvalue weighted by Crippen LogP contribution is -2.04. The lowest BCUT2D eigenvalue weighted by atomic mass is 9.96. The summed E-state index contributed by atoms with van der Waals surface area (Å²) in [6.45, 7) is 6.75. The fourth-order valence-electron chi connectivity index (χ4n) is 4.53. The summed E-state index contributed by atoms with van der Waals surface area (Å²) in [4.78, 5) is 11.7. The largest absolute Gasteiger partial charge is 0.496 e. The molecule has 196 valence electrons. The van der Waals surface area contributed by atoms with Gasteiger partial charge in [-0.2, -0.15) is 11.8 Å². The first kappa shape index (κ1) is 29.2. The van der Waals surface area contributed by atoms with Crippen molar-refractivity contribution in [3.05, 3.63) is 28.7 Å². The van der Waals surface area contributed by atoms with Gasteiger partial charge < -0.3 is 9.47 Å². The summed E-state index contributed by atoms with van der Waals surface area (Å²) in [5, 5.41) is 14.3. The van der Waals surface area contributed by atoms with Crippen LogP contribution in [0.5, 0.6) is 11.5 Å². The highest BCUT2D eigenvalue weighted by atomic mass is 32.2. The molecule has 0 saturated carbocycles. The molecule has 6 nitrogen and oxygen atoms in total. The minimum Gasteiger partial charge on any atom is -0.496 e. The van der Waals surface area contributed by atoms with Gasteiger partial charge in [-0.3, -0.25) is 10.7 Å². The number of benzene rings is 2. The molecule has 2 aromatic carbocycles. The first-order valence-corrected chi connectivity index (χ1v) is 14.1. The zero-order valence-electron chi connectivity index (χ0n) is 22.2. The summed E-state index contributed by atoms with van der Waals surface area (Å²) < 4.78 is 11.6. The number of ether oxygens (including phenoxy) is 2. The van der Waals surface area contributed by atoms with Gasteiger partial charge in [0.05, 0.1) is 30.7 Å². The molecule has 0 bridgehead atoms. The van der Waals surface area contributed by atoms with Crippen LogP contribution < -0.4 is 15.0 Å². The van der Waals surface area contributed by atoms with Crippen LogP contribution in [0.25, 0.3) is 10.8 Å². The summed E-state index contributed by atoms with van der Waals surface area (Å²) in [5.74, 6) is 2.92. The Kier molecular flexibility index (Phi) is 13.3. The van der Waals surface area contributed by atoms with Crippen LogP contribution in [0.3, 0.4) is 0 Å². The number of nitrogens with one attached hydrogen (secondary N) is 1. The van der Waals surface area contributed by atoms with Gasteiger partial charge in [-0.15, -0.1) is 4.91 Å². The molecule has 2 N–H and O–H groups in total. The molecule has 0 aromatic heterocycles. The third-order valence-corrected chi connectivity index (χ3v) is 7.89. The fourth-order valence-corrected chi connectivity index (χ4v) is 6.11. The summed E-state index contributed by atoms with van der Waals surface area (Å²) in [5.41, 5.74) is 3.96. The standard InChI is InChI=1S/C28H44N2O4S/c1-6-7-8-9-10-11-12-13-14-25(35-18-17-20(2)3)21-19-24(33-4)26-22(29-31)15-16-23(30-32)27(26)28(21)34-5/h15-16,19-20,25,29,31H,6-14,17-18H2,1-5H3. The maximum absolute atomic E-state index is 11.7. The van der Waals surface area contributed by atoms with Crippen molar-refractivity contribution in [3.8, 4) is 11.5 Å². The van der Waals surface area contributed by atoms with Crippen LogP contribution in [0.2, 0.25) is 0 Å². The number of nitroso groups, excluding NO2 is 1. The monoisotopic (exact) mass is 504 g/mol. The van der Waals surface area contributed by atoms with Crippen molar-refractivity contribution >= 4 is 33.9 Å². The van der Waals surface area contributed by atoms with Gasteiger partial charge in [0.2, 0.25) is 0 Å². The molecular weight excluding hydrogens is 460 g/mol. The number of unbranched alkanes of at least 4 members (excludes halogenated alkanes) is 7. The average Bonchev–Trinajstić information content (AvgIpc) is 2.87. The van der Waals surface area contributed by atoms with Gasteiger partial charge in [0.1, 0.15) is 17.2 Å². The van der Waals surface area contributed by atoms with E-state index in [0.29, 0.717) is 33.9 Å². The van der Waals surface area contributed by atoms with Crippen molar-refractivity contribution in [2.45, 2.75) is 90.2 Å². The van der Waals surface area contributed by atoms with Crippen LogP contribution in [0, 0.1) is 10.8 Å². The van der Waals surface area contributed by atoms with Crippen LogP contribution in [0.4, 0.5) is 11.4 Å². The molecule has 1 atom stereocenters. The van der Waals surface area contributed by atoms with Crippen molar-refractivity contribution in [3.63, 3.8) is 0 Å². The Hall–Kier alpha value is -1.99. The van der Waals surface area contributed by atoms with E-state index in [9.17, 15) is 10.1 Å². The van der Waals surface area contributed by atoms with Crippen LogP contribution >= 0.6 is 11.8 Å². The normalized spacial score (nSPS) is 12.2. The van der Waals surface area contributed by atoms with E-state index >= 15 is 0 Å². The van der Waals surface area contributed by atoms with E-state index in [1.54, 1.807) is 26.4 Å². The predicted octanol–water partition coefficient (Wildman–Crippen LogP) is 9.41. The molecule has 0 aliphatic carbocycles. The first-order valence-electron chi connectivity index (χ1n) is 13.1. The number of methoxy groups -OCH3 is 2. The van der Waals surface area contributed by atoms with E-state index in [2.05, 4.69) is 31.4 Å². The molecular formula is C28H44N2O4S. The molecule has 1 unspecified atom stereocenters. The van der Waals surface area contributed by atoms with E-state index in [4.69, 9.17) is 9.47 Å². The number of hydrogen-bond donors (Lipinski definition) is 2. The Morgan fingerprint density at radius 3 is 2.23 bits per heavy atom. The number of hydrogen-bond acceptors (Lipinski definition) is 7. The minimum atomic E-state index is 0.215.